The molecule has 2 N–H and O–H groups in total. The largest absolute Gasteiger partial charge is 0.481 e. The Bertz CT molecular complexity index is 1470. The second kappa shape index (κ2) is 11.1. The van der Waals surface area contributed by atoms with Gasteiger partial charge in [0.1, 0.15) is 12.6 Å². The van der Waals surface area contributed by atoms with Crippen LogP contribution in [0.3, 0.4) is 0 Å². The van der Waals surface area contributed by atoms with Crippen molar-refractivity contribution in [2.45, 2.75) is 37.8 Å². The molecule has 0 radical (unpaired) electrons. The molecule has 1 heterocycles. The number of fused-ring (bicyclic) bond motifs is 1. The van der Waals surface area contributed by atoms with Gasteiger partial charge in [0.25, 0.3) is 5.91 Å². The number of aliphatic carboxylic acids is 1. The van der Waals surface area contributed by atoms with Gasteiger partial charge in [0.2, 0.25) is 17.2 Å². The van der Waals surface area contributed by atoms with Gasteiger partial charge < -0.3 is 20.0 Å². The molecule has 39 heavy (non-hydrogen) atoms. The fourth-order valence-corrected chi connectivity index (χ4v) is 4.10. The van der Waals surface area contributed by atoms with Gasteiger partial charge in [-0.1, -0.05) is 48.5 Å². The topological polar surface area (TPSA) is 114 Å². The number of rotatable bonds is 10. The average Bonchev–Trinajstić information content (AvgIpc) is 3.37. The number of benzene rings is 3. The summed E-state index contributed by atoms with van der Waals surface area (Å²) in [6.07, 6.45) is -0.797. The average molecular weight is 546 g/mol. The molecule has 0 saturated carbocycles. The fraction of sp³-hybridized carbons (Fsp3) is 0.259. The Morgan fingerprint density at radius 3 is 2.36 bits per heavy atom. The summed E-state index contributed by atoms with van der Waals surface area (Å²) in [5.74, 6) is -12.2. The van der Waals surface area contributed by atoms with Crippen LogP contribution in [0, 0.1) is 23.3 Å². The summed E-state index contributed by atoms with van der Waals surface area (Å²) in [6, 6.07) is 11.5. The van der Waals surface area contributed by atoms with Gasteiger partial charge in [-0.25, -0.2) is 8.78 Å². The van der Waals surface area contributed by atoms with Crippen LogP contribution in [0.1, 0.15) is 31.7 Å². The van der Waals surface area contributed by atoms with Crippen LogP contribution >= 0.6 is 0 Å². The van der Waals surface area contributed by atoms with Crippen molar-refractivity contribution in [2.24, 2.45) is 5.16 Å². The molecule has 0 saturated heterocycles. The van der Waals surface area contributed by atoms with E-state index in [4.69, 9.17) is 4.84 Å². The van der Waals surface area contributed by atoms with E-state index in [1.165, 1.54) is 0 Å². The zero-order valence-corrected chi connectivity index (χ0v) is 20.5. The summed E-state index contributed by atoms with van der Waals surface area (Å²) >= 11 is 0. The molecule has 204 valence electrons. The third kappa shape index (κ3) is 5.69. The summed E-state index contributed by atoms with van der Waals surface area (Å²) in [7, 11) is 0. The predicted molar refractivity (Wildman–Crippen MR) is 130 cm³/mol. The maximum atomic E-state index is 13.9. The van der Waals surface area contributed by atoms with Crippen LogP contribution < -0.4 is 10.1 Å². The molecule has 0 aromatic heterocycles. The summed E-state index contributed by atoms with van der Waals surface area (Å²) in [4.78, 5) is 42.8. The first-order chi connectivity index (χ1) is 18.5. The van der Waals surface area contributed by atoms with E-state index in [2.05, 4.69) is 15.2 Å². The number of nitrogens with one attached hydrogen (secondary N) is 1. The Morgan fingerprint density at radius 2 is 1.72 bits per heavy atom. The van der Waals surface area contributed by atoms with Crippen LogP contribution in [0.5, 0.6) is 5.75 Å². The molecule has 12 heteroatoms. The first kappa shape index (κ1) is 27.6. The summed E-state index contributed by atoms with van der Waals surface area (Å²) in [5, 5.41) is 17.5. The number of nitrogens with zero attached hydrogens (tertiary/aromatic N) is 1. The molecule has 0 aliphatic carbocycles. The Labute approximate surface area is 219 Å². The molecule has 1 aliphatic heterocycles. The monoisotopic (exact) mass is 546 g/mol. The number of carboxylic acid groups (broad SMARTS) is 1. The number of carboxylic acids is 1. The maximum Gasteiger partial charge on any atom is 0.305 e. The molecule has 1 aliphatic rings. The zero-order chi connectivity index (χ0) is 28.3. The van der Waals surface area contributed by atoms with Crippen molar-refractivity contribution in [3.05, 3.63) is 77.4 Å². The predicted octanol–water partition coefficient (Wildman–Crippen LogP) is 4.28. The van der Waals surface area contributed by atoms with Gasteiger partial charge in [-0.15, -0.1) is 0 Å². The molecule has 8 nitrogen and oxygen atoms in total. The standard InChI is InChI=1S/C27H22F4N2O6/c1-2-27(12-20(33-39-27)16-8-7-14-5-3-4-6-15(14)9-16)26(37)32-19(11-22(35)36)21(34)13-38-25-23(30)17(28)10-18(29)24(25)31/h3-10,19H,2,11-13H2,1H3,(H,32,37)(H,35,36)/t19-,27?/m0/s1. The number of carbonyl (C=O) groups is 3. The van der Waals surface area contributed by atoms with Crippen molar-refractivity contribution in [3.63, 3.8) is 0 Å². The van der Waals surface area contributed by atoms with E-state index in [1.54, 1.807) is 6.92 Å². The van der Waals surface area contributed by atoms with E-state index in [0.29, 0.717) is 11.3 Å². The molecule has 0 bridgehead atoms. The number of carbonyl (C=O) groups excluding carboxylic acids is 2. The lowest BCUT2D eigenvalue weighted by molar-refractivity contribution is -0.148. The Kier molecular flexibility index (Phi) is 7.84. The highest BCUT2D eigenvalue weighted by atomic mass is 19.2. The smallest absolute Gasteiger partial charge is 0.305 e. The van der Waals surface area contributed by atoms with Crippen molar-refractivity contribution in [1.82, 2.24) is 5.32 Å². The molecule has 1 unspecified atom stereocenters. The number of hydrogen-bond acceptors (Lipinski definition) is 6. The molecular weight excluding hydrogens is 524 g/mol. The molecule has 0 spiro atoms. The first-order valence-electron chi connectivity index (χ1n) is 11.8. The first-order valence-corrected chi connectivity index (χ1v) is 11.8. The number of amides is 1. The Balaban J connectivity index is 1.48. The van der Waals surface area contributed by atoms with Gasteiger partial charge in [-0.2, -0.15) is 8.78 Å². The van der Waals surface area contributed by atoms with Gasteiger partial charge in [-0.05, 0) is 23.3 Å². The molecule has 2 atom stereocenters. The van der Waals surface area contributed by atoms with Crippen LogP contribution in [-0.2, 0) is 19.2 Å². The van der Waals surface area contributed by atoms with E-state index in [0.717, 1.165) is 10.8 Å². The van der Waals surface area contributed by atoms with E-state index >= 15 is 0 Å². The number of hydrogen-bond donors (Lipinski definition) is 2. The van der Waals surface area contributed by atoms with Crippen LogP contribution in [0.2, 0.25) is 0 Å². The lowest BCUT2D eigenvalue weighted by Gasteiger charge is -2.26. The Morgan fingerprint density at radius 1 is 1.05 bits per heavy atom. The van der Waals surface area contributed by atoms with Gasteiger partial charge >= 0.3 is 5.97 Å². The molecular formula is C27H22F4N2O6. The second-order valence-electron chi connectivity index (χ2n) is 8.89. The number of oxime groups is 1. The summed E-state index contributed by atoms with van der Waals surface area (Å²) < 4.78 is 59.2. The summed E-state index contributed by atoms with van der Waals surface area (Å²) in [5.41, 5.74) is -0.404. The fourth-order valence-electron chi connectivity index (χ4n) is 4.10. The highest BCUT2D eigenvalue weighted by Gasteiger charge is 2.46. The second-order valence-corrected chi connectivity index (χ2v) is 8.89. The van der Waals surface area contributed by atoms with Gasteiger partial charge in [0.15, 0.2) is 23.2 Å². The third-order valence-electron chi connectivity index (χ3n) is 6.35. The third-order valence-corrected chi connectivity index (χ3v) is 6.35. The van der Waals surface area contributed by atoms with Crippen LogP contribution in [0.25, 0.3) is 10.8 Å². The van der Waals surface area contributed by atoms with E-state index in [1.807, 2.05) is 42.5 Å². The van der Waals surface area contributed by atoms with E-state index in [9.17, 15) is 37.1 Å². The van der Waals surface area contributed by atoms with Crippen molar-refractivity contribution < 1.29 is 46.6 Å². The zero-order valence-electron chi connectivity index (χ0n) is 20.5. The minimum absolute atomic E-state index is 0.0111. The highest BCUT2D eigenvalue weighted by molar-refractivity contribution is 6.07. The van der Waals surface area contributed by atoms with Gasteiger partial charge in [0.05, 0.1) is 12.1 Å². The minimum Gasteiger partial charge on any atom is -0.481 e. The van der Waals surface area contributed by atoms with Gasteiger partial charge in [-0.3, -0.25) is 14.4 Å². The number of Topliss-reactive ketones (excluding diaryl/α,β-unsaturated/α-hetero) is 1. The molecule has 0 fully saturated rings. The number of ether oxygens (including phenoxy) is 1. The lowest BCUT2D eigenvalue weighted by Crippen LogP contribution is -2.53. The lowest BCUT2D eigenvalue weighted by atomic mass is 9.89. The van der Waals surface area contributed by atoms with Crippen LogP contribution in [0.15, 0.2) is 53.7 Å². The molecule has 3 aromatic carbocycles. The summed E-state index contributed by atoms with van der Waals surface area (Å²) in [6.45, 7) is 0.452. The minimum atomic E-state index is -1.87. The van der Waals surface area contributed by atoms with Crippen molar-refractivity contribution in [1.29, 1.82) is 0 Å². The Hall–Kier alpha value is -4.48. The number of halogens is 4. The highest BCUT2D eigenvalue weighted by Crippen LogP contribution is 2.32. The number of ketones is 1. The van der Waals surface area contributed by atoms with Crippen molar-refractivity contribution in [2.75, 3.05) is 6.61 Å². The van der Waals surface area contributed by atoms with E-state index < -0.39 is 71.3 Å². The quantitative estimate of drug-likeness (QED) is 0.290. The molecule has 3 aromatic rings. The van der Waals surface area contributed by atoms with Crippen LogP contribution in [0.4, 0.5) is 17.6 Å². The van der Waals surface area contributed by atoms with Crippen molar-refractivity contribution >= 4 is 34.1 Å². The van der Waals surface area contributed by atoms with Gasteiger partial charge in [0, 0.05) is 18.1 Å². The maximum absolute atomic E-state index is 13.9. The molecule has 4 rings (SSSR count). The molecule has 1 amide bonds. The van der Waals surface area contributed by atoms with Crippen molar-refractivity contribution in [3.8, 4) is 5.75 Å². The SMILES string of the molecule is CCC1(C(=O)N[C@@H](CC(=O)O)C(=O)COc2c(F)c(F)cc(F)c2F)CC(c2ccc3ccccc3c2)=NO1. The normalized spacial score (nSPS) is 17.3. The van der Waals surface area contributed by atoms with E-state index in [-0.39, 0.29) is 18.9 Å². The van der Waals surface area contributed by atoms with Crippen LogP contribution in [-0.4, -0.2) is 46.7 Å².